The van der Waals surface area contributed by atoms with Crippen LogP contribution in [0.4, 0.5) is 0 Å². The lowest BCUT2D eigenvalue weighted by molar-refractivity contribution is -0.442. The molecule has 18 heavy (non-hydrogen) atoms. The summed E-state index contributed by atoms with van der Waals surface area (Å²) in [6, 6.07) is 0. The molecule has 1 aliphatic carbocycles. The number of carbonyl (C=O) groups is 1. The van der Waals surface area contributed by atoms with Crippen LogP contribution in [0, 0.1) is 21.4 Å². The second-order valence-corrected chi connectivity index (χ2v) is 5.18. The molecular weight excluding hydrogens is 238 g/mol. The first-order valence-electron chi connectivity index (χ1n) is 5.73. The molecule has 1 fully saturated rings. The lowest BCUT2D eigenvalue weighted by atomic mass is 9.67. The lowest BCUT2D eigenvalue weighted by Gasteiger charge is -2.36. The van der Waals surface area contributed by atoms with Crippen LogP contribution in [0.15, 0.2) is 23.4 Å². The molecule has 0 radical (unpaired) electrons. The van der Waals surface area contributed by atoms with Crippen LogP contribution in [0.2, 0.25) is 0 Å². The first-order chi connectivity index (χ1) is 8.34. The van der Waals surface area contributed by atoms with Crippen molar-refractivity contribution in [2.75, 3.05) is 6.61 Å². The number of ether oxygens (including phenoxy) is 1. The highest BCUT2D eigenvalue weighted by atomic mass is 16.6. The van der Waals surface area contributed by atoms with E-state index in [4.69, 9.17) is 4.74 Å². The highest BCUT2D eigenvalue weighted by Crippen LogP contribution is 2.46. The number of aliphatic carboxylic acids is 1. The molecule has 6 heteroatoms. The van der Waals surface area contributed by atoms with Gasteiger partial charge in [0.05, 0.1) is 29.0 Å². The number of allylic oxidation sites excluding steroid dienone is 3. The van der Waals surface area contributed by atoms with Crippen molar-refractivity contribution in [3.05, 3.63) is 33.5 Å². The van der Waals surface area contributed by atoms with Gasteiger partial charge in [-0.2, -0.15) is 0 Å². The zero-order valence-electron chi connectivity index (χ0n) is 10.2. The average Bonchev–Trinajstić information content (AvgIpc) is 3.03. The molecule has 0 amide bonds. The molecule has 2 aliphatic rings. The third kappa shape index (κ3) is 2.15. The molecule has 98 valence electrons. The normalized spacial score (nSPS) is 29.2. The smallest absolute Gasteiger partial charge is 0.252 e. The summed E-state index contributed by atoms with van der Waals surface area (Å²) in [4.78, 5) is 21.7. The van der Waals surface area contributed by atoms with Gasteiger partial charge in [-0.25, -0.2) is 0 Å². The van der Waals surface area contributed by atoms with Crippen molar-refractivity contribution in [1.82, 2.24) is 0 Å². The van der Waals surface area contributed by atoms with Crippen LogP contribution in [0.5, 0.6) is 0 Å². The quantitative estimate of drug-likeness (QED) is 0.406. The molecule has 6 nitrogen and oxygen atoms in total. The Bertz CT molecular complexity index is 459. The number of carbonyl (C=O) groups excluding carboxylic acids is 1. The van der Waals surface area contributed by atoms with E-state index >= 15 is 0 Å². The van der Waals surface area contributed by atoms with Crippen molar-refractivity contribution < 1.29 is 19.6 Å². The Balaban J connectivity index is 2.38. The summed E-state index contributed by atoms with van der Waals surface area (Å²) in [5.41, 5.74) is -0.709. The topological polar surface area (TPSA) is 95.8 Å². The number of rotatable bonds is 4. The van der Waals surface area contributed by atoms with Crippen molar-refractivity contribution in [2.45, 2.75) is 26.4 Å². The Kier molecular flexibility index (Phi) is 2.98. The van der Waals surface area contributed by atoms with Gasteiger partial charge in [-0.05, 0) is 25.8 Å². The van der Waals surface area contributed by atoms with Crippen molar-refractivity contribution in [3.8, 4) is 0 Å². The molecule has 0 N–H and O–H groups in total. The van der Waals surface area contributed by atoms with E-state index in [9.17, 15) is 20.0 Å². The number of nitrogens with zero attached hydrogens (tertiary/aromatic N) is 1. The van der Waals surface area contributed by atoms with Gasteiger partial charge in [0.15, 0.2) is 0 Å². The summed E-state index contributed by atoms with van der Waals surface area (Å²) < 4.78 is 5.10. The van der Waals surface area contributed by atoms with Crippen LogP contribution in [0.3, 0.4) is 0 Å². The molecule has 0 aromatic heterocycles. The van der Waals surface area contributed by atoms with Crippen LogP contribution in [0.25, 0.3) is 0 Å². The summed E-state index contributed by atoms with van der Waals surface area (Å²) in [5.74, 6) is -1.73. The van der Waals surface area contributed by atoms with Crippen LogP contribution < -0.4 is 5.11 Å². The van der Waals surface area contributed by atoms with Crippen molar-refractivity contribution >= 4 is 5.97 Å². The predicted molar refractivity (Wildman–Crippen MR) is 59.8 cm³/mol. The highest BCUT2D eigenvalue weighted by molar-refractivity contribution is 5.86. The van der Waals surface area contributed by atoms with Gasteiger partial charge in [-0.1, -0.05) is 6.08 Å². The number of carboxylic acids is 1. The summed E-state index contributed by atoms with van der Waals surface area (Å²) in [5, 5.41) is 22.1. The lowest BCUT2D eigenvalue weighted by Crippen LogP contribution is -2.40. The predicted octanol–water partition coefficient (Wildman–Crippen LogP) is 0.268. The molecule has 0 aromatic carbocycles. The van der Waals surface area contributed by atoms with E-state index in [0.717, 1.165) is 0 Å². The number of hydrogen-bond acceptors (Lipinski definition) is 5. The molecular formula is C12H14NO5-. The van der Waals surface area contributed by atoms with Gasteiger partial charge in [0.2, 0.25) is 0 Å². The van der Waals surface area contributed by atoms with Crippen LogP contribution >= 0.6 is 0 Å². The Morgan fingerprint density at radius 3 is 2.61 bits per heavy atom. The fourth-order valence-corrected chi connectivity index (χ4v) is 2.46. The van der Waals surface area contributed by atoms with Gasteiger partial charge in [0, 0.05) is 12.0 Å². The fraction of sp³-hybridized carbons (Fsp3) is 0.583. The van der Waals surface area contributed by atoms with Gasteiger partial charge in [0.1, 0.15) is 0 Å². The molecule has 1 aliphatic heterocycles. The van der Waals surface area contributed by atoms with E-state index in [1.807, 2.05) is 0 Å². The monoisotopic (exact) mass is 252 g/mol. The minimum absolute atomic E-state index is 0.00290. The molecule has 1 heterocycles. The maximum atomic E-state index is 11.1. The number of carboxylic acid groups (broad SMARTS) is 1. The van der Waals surface area contributed by atoms with Crippen molar-refractivity contribution in [3.63, 3.8) is 0 Å². The van der Waals surface area contributed by atoms with Crippen LogP contribution in [-0.2, 0) is 9.53 Å². The number of nitro groups is 1. The molecule has 0 bridgehead atoms. The second kappa shape index (κ2) is 4.20. The van der Waals surface area contributed by atoms with E-state index in [1.165, 1.54) is 12.2 Å². The maximum absolute atomic E-state index is 11.1. The molecule has 2 unspecified atom stereocenters. The van der Waals surface area contributed by atoms with Crippen molar-refractivity contribution in [1.29, 1.82) is 0 Å². The van der Waals surface area contributed by atoms with Gasteiger partial charge >= 0.3 is 0 Å². The molecule has 1 saturated heterocycles. The highest BCUT2D eigenvalue weighted by Gasteiger charge is 2.46. The fourth-order valence-electron chi connectivity index (χ4n) is 2.46. The summed E-state index contributed by atoms with van der Waals surface area (Å²) >= 11 is 0. The Hall–Kier alpha value is -1.69. The standard InChI is InChI=1S/C12H15NO5/c1-12(2)9(5-7-6-18-7)8(11(14)15)3-4-10(12)13(16)17/h3-4,7,9H,5-6H2,1-2H3,(H,14,15)/p-1. The minimum Gasteiger partial charge on any atom is -0.545 e. The third-order valence-corrected chi connectivity index (χ3v) is 3.66. The van der Waals surface area contributed by atoms with E-state index in [2.05, 4.69) is 0 Å². The molecule has 0 spiro atoms. The molecule has 2 rings (SSSR count). The van der Waals surface area contributed by atoms with E-state index in [0.29, 0.717) is 13.0 Å². The van der Waals surface area contributed by atoms with Crippen LogP contribution in [-0.4, -0.2) is 23.6 Å². The zero-order chi connectivity index (χ0) is 13.5. The summed E-state index contributed by atoms with van der Waals surface area (Å²) in [7, 11) is 0. The summed E-state index contributed by atoms with van der Waals surface area (Å²) in [6.07, 6.45) is 3.02. The SMILES string of the molecule is CC1(C)C([N+](=O)[O-])=CC=C(C(=O)[O-])C1CC1CO1. The van der Waals surface area contributed by atoms with E-state index in [1.54, 1.807) is 13.8 Å². The Morgan fingerprint density at radius 1 is 1.56 bits per heavy atom. The minimum atomic E-state index is -1.27. The molecule has 0 saturated carbocycles. The van der Waals surface area contributed by atoms with Gasteiger partial charge < -0.3 is 14.6 Å². The number of hydrogen-bond donors (Lipinski definition) is 0. The average molecular weight is 252 g/mol. The maximum Gasteiger partial charge on any atom is 0.252 e. The second-order valence-electron chi connectivity index (χ2n) is 5.18. The zero-order valence-corrected chi connectivity index (χ0v) is 10.2. The molecule has 0 aromatic rings. The molecule has 2 atom stereocenters. The summed E-state index contributed by atoms with van der Waals surface area (Å²) in [6.45, 7) is 3.96. The Labute approximate surface area is 104 Å². The van der Waals surface area contributed by atoms with E-state index < -0.39 is 22.2 Å². The Morgan fingerprint density at radius 2 is 2.17 bits per heavy atom. The third-order valence-electron chi connectivity index (χ3n) is 3.66. The number of epoxide rings is 1. The first-order valence-corrected chi connectivity index (χ1v) is 5.73. The van der Waals surface area contributed by atoms with Gasteiger partial charge in [-0.15, -0.1) is 0 Å². The first kappa shape index (κ1) is 12.8. The largest absolute Gasteiger partial charge is 0.545 e. The van der Waals surface area contributed by atoms with Crippen LogP contribution in [0.1, 0.15) is 20.3 Å². The van der Waals surface area contributed by atoms with Gasteiger partial charge in [0.25, 0.3) is 5.70 Å². The van der Waals surface area contributed by atoms with E-state index in [-0.39, 0.29) is 17.4 Å². The van der Waals surface area contributed by atoms with Gasteiger partial charge in [-0.3, -0.25) is 10.1 Å². The van der Waals surface area contributed by atoms with Crippen molar-refractivity contribution in [2.24, 2.45) is 11.3 Å².